The average molecular weight is 337 g/mol. The van der Waals surface area contributed by atoms with E-state index in [1.54, 1.807) is 6.07 Å². The molecule has 0 aliphatic carbocycles. The lowest BCUT2D eigenvalue weighted by Gasteiger charge is -2.25. The van der Waals surface area contributed by atoms with Crippen molar-refractivity contribution in [1.82, 2.24) is 0 Å². The van der Waals surface area contributed by atoms with Crippen molar-refractivity contribution in [2.24, 2.45) is 11.7 Å². The second-order valence-corrected chi connectivity index (χ2v) is 6.74. The molecule has 0 aliphatic heterocycles. The molecule has 132 valence electrons. The maximum atomic E-state index is 11.9. The molecule has 0 fully saturated rings. The van der Waals surface area contributed by atoms with Gasteiger partial charge >= 0.3 is 11.9 Å². The lowest BCUT2D eigenvalue weighted by atomic mass is 9.79. The SMILES string of the molecule is CC(C)(C)c1cc(C(=O)O)cc(C(C(N)=O)C(CCO)C(=O)O)c1. The summed E-state index contributed by atoms with van der Waals surface area (Å²) in [7, 11) is 0. The number of aliphatic hydroxyl groups is 1. The highest BCUT2D eigenvalue weighted by atomic mass is 16.4. The second-order valence-electron chi connectivity index (χ2n) is 6.74. The van der Waals surface area contributed by atoms with E-state index in [0.717, 1.165) is 0 Å². The number of hydrogen-bond donors (Lipinski definition) is 4. The minimum atomic E-state index is -1.27. The zero-order chi connectivity index (χ0) is 18.7. The number of aromatic carboxylic acids is 1. The quantitative estimate of drug-likeness (QED) is 0.592. The summed E-state index contributed by atoms with van der Waals surface area (Å²) in [6.07, 6.45) is -0.162. The predicted octanol–water partition coefficient (Wildman–Crippen LogP) is 1.33. The molecule has 0 heterocycles. The molecule has 5 N–H and O–H groups in total. The van der Waals surface area contributed by atoms with Crippen molar-refractivity contribution in [3.63, 3.8) is 0 Å². The number of rotatable bonds is 7. The average Bonchev–Trinajstić information content (AvgIpc) is 2.44. The van der Waals surface area contributed by atoms with Gasteiger partial charge in [0.05, 0.1) is 17.4 Å². The first kappa shape index (κ1) is 19.6. The standard InChI is InChI=1S/C17H23NO6/c1-17(2,3)11-7-9(6-10(8-11)15(21)22)13(14(18)20)12(4-5-19)16(23)24/h6-8,12-13,19H,4-5H2,1-3H3,(H2,18,20)(H,21,22)(H,23,24). The third-order valence-corrected chi connectivity index (χ3v) is 3.89. The van der Waals surface area contributed by atoms with E-state index in [0.29, 0.717) is 5.56 Å². The van der Waals surface area contributed by atoms with Crippen LogP contribution in [0.4, 0.5) is 0 Å². The fourth-order valence-electron chi connectivity index (χ4n) is 2.55. The first-order valence-corrected chi connectivity index (χ1v) is 7.50. The molecule has 0 aliphatic rings. The molecule has 1 rings (SSSR count). The summed E-state index contributed by atoms with van der Waals surface area (Å²) in [5.74, 6) is -5.79. The second kappa shape index (κ2) is 7.44. The van der Waals surface area contributed by atoms with E-state index >= 15 is 0 Å². The van der Waals surface area contributed by atoms with Gasteiger partial charge in [0.25, 0.3) is 0 Å². The number of hydrogen-bond acceptors (Lipinski definition) is 4. The number of nitrogens with two attached hydrogens (primary N) is 1. The molecule has 2 atom stereocenters. The van der Waals surface area contributed by atoms with Crippen LogP contribution in [0.25, 0.3) is 0 Å². The summed E-state index contributed by atoms with van der Waals surface area (Å²) in [5.41, 5.74) is 5.82. The van der Waals surface area contributed by atoms with Crippen molar-refractivity contribution < 1.29 is 29.7 Å². The molecular formula is C17H23NO6. The molecule has 2 unspecified atom stereocenters. The van der Waals surface area contributed by atoms with Gasteiger partial charge in [-0.2, -0.15) is 0 Å². The van der Waals surface area contributed by atoms with Crippen LogP contribution in [-0.4, -0.2) is 39.8 Å². The van der Waals surface area contributed by atoms with E-state index in [1.807, 2.05) is 20.8 Å². The number of primary amides is 1. The number of carbonyl (C=O) groups excluding carboxylic acids is 1. The Morgan fingerprint density at radius 2 is 1.71 bits per heavy atom. The Hall–Kier alpha value is -2.41. The molecule has 0 spiro atoms. The lowest BCUT2D eigenvalue weighted by molar-refractivity contribution is -0.145. The number of carbonyl (C=O) groups is 3. The minimum absolute atomic E-state index is 0.0446. The first-order valence-electron chi connectivity index (χ1n) is 7.50. The Balaban J connectivity index is 3.58. The van der Waals surface area contributed by atoms with Crippen molar-refractivity contribution in [3.8, 4) is 0 Å². The number of carboxylic acids is 2. The molecule has 1 amide bonds. The Morgan fingerprint density at radius 1 is 1.12 bits per heavy atom. The van der Waals surface area contributed by atoms with Crippen LogP contribution in [0.1, 0.15) is 54.6 Å². The largest absolute Gasteiger partial charge is 0.481 e. The van der Waals surface area contributed by atoms with Gasteiger partial charge in [0, 0.05) is 6.61 Å². The van der Waals surface area contributed by atoms with Gasteiger partial charge in [-0.1, -0.05) is 26.8 Å². The highest BCUT2D eigenvalue weighted by Crippen LogP contribution is 2.32. The molecule has 1 aromatic carbocycles. The third kappa shape index (κ3) is 4.55. The van der Waals surface area contributed by atoms with Crippen LogP contribution >= 0.6 is 0 Å². The van der Waals surface area contributed by atoms with E-state index < -0.39 is 41.7 Å². The lowest BCUT2D eigenvalue weighted by Crippen LogP contribution is -2.33. The fraction of sp³-hybridized carbons (Fsp3) is 0.471. The van der Waals surface area contributed by atoms with Crippen LogP contribution in [0.15, 0.2) is 18.2 Å². The number of aliphatic hydroxyl groups excluding tert-OH is 1. The molecule has 7 nitrogen and oxygen atoms in total. The van der Waals surface area contributed by atoms with Crippen LogP contribution in [0, 0.1) is 5.92 Å². The zero-order valence-electron chi connectivity index (χ0n) is 13.9. The molecule has 0 saturated carbocycles. The van der Waals surface area contributed by atoms with Gasteiger partial charge < -0.3 is 21.1 Å². The molecular weight excluding hydrogens is 314 g/mol. The van der Waals surface area contributed by atoms with E-state index in [2.05, 4.69) is 0 Å². The van der Waals surface area contributed by atoms with Crippen molar-refractivity contribution in [1.29, 1.82) is 0 Å². The summed E-state index contributed by atoms with van der Waals surface area (Å²) in [6.45, 7) is 5.20. The zero-order valence-corrected chi connectivity index (χ0v) is 13.9. The summed E-state index contributed by atoms with van der Waals surface area (Å²) >= 11 is 0. The maximum Gasteiger partial charge on any atom is 0.335 e. The van der Waals surface area contributed by atoms with Gasteiger partial charge in [-0.15, -0.1) is 0 Å². The van der Waals surface area contributed by atoms with Crippen LogP contribution in [0.2, 0.25) is 0 Å². The number of amides is 1. The number of aliphatic carboxylic acids is 1. The molecule has 0 saturated heterocycles. The van der Waals surface area contributed by atoms with Crippen LogP contribution in [-0.2, 0) is 15.0 Å². The normalized spacial score (nSPS) is 14.0. The molecule has 0 aromatic heterocycles. The van der Waals surface area contributed by atoms with Gasteiger partial charge in [0.15, 0.2) is 0 Å². The van der Waals surface area contributed by atoms with Crippen LogP contribution < -0.4 is 5.73 Å². The van der Waals surface area contributed by atoms with Crippen molar-refractivity contribution in [3.05, 3.63) is 34.9 Å². The minimum Gasteiger partial charge on any atom is -0.481 e. The van der Waals surface area contributed by atoms with E-state index in [9.17, 15) is 24.6 Å². The Labute approximate surface area is 140 Å². The van der Waals surface area contributed by atoms with Crippen molar-refractivity contribution in [2.45, 2.75) is 38.5 Å². The maximum absolute atomic E-state index is 11.9. The van der Waals surface area contributed by atoms with Crippen LogP contribution in [0.5, 0.6) is 0 Å². The smallest absolute Gasteiger partial charge is 0.335 e. The van der Waals surface area contributed by atoms with Gasteiger partial charge in [0.1, 0.15) is 0 Å². The third-order valence-electron chi connectivity index (χ3n) is 3.89. The molecule has 7 heteroatoms. The molecule has 24 heavy (non-hydrogen) atoms. The van der Waals surface area contributed by atoms with Gasteiger partial charge in [-0.05, 0) is 35.1 Å². The summed E-state index contributed by atoms with van der Waals surface area (Å²) in [6, 6.07) is 4.36. The summed E-state index contributed by atoms with van der Waals surface area (Å²) < 4.78 is 0. The van der Waals surface area contributed by atoms with Crippen molar-refractivity contribution in [2.75, 3.05) is 6.61 Å². The van der Waals surface area contributed by atoms with Gasteiger partial charge in [-0.3, -0.25) is 9.59 Å². The van der Waals surface area contributed by atoms with Gasteiger partial charge in [-0.25, -0.2) is 4.79 Å². The first-order chi connectivity index (χ1) is 11.0. The van der Waals surface area contributed by atoms with Gasteiger partial charge in [0.2, 0.25) is 5.91 Å². The highest BCUT2D eigenvalue weighted by molar-refractivity contribution is 5.91. The summed E-state index contributed by atoms with van der Waals surface area (Å²) in [4.78, 5) is 34.7. The fourth-order valence-corrected chi connectivity index (χ4v) is 2.55. The topological polar surface area (TPSA) is 138 Å². The van der Waals surface area contributed by atoms with E-state index in [4.69, 9.17) is 10.8 Å². The van der Waals surface area contributed by atoms with Crippen molar-refractivity contribution >= 4 is 17.8 Å². The Bertz CT molecular complexity index is 647. The summed E-state index contributed by atoms with van der Waals surface area (Å²) in [5, 5.41) is 27.7. The predicted molar refractivity (Wildman–Crippen MR) is 86.9 cm³/mol. The number of carboxylic acid groups (broad SMARTS) is 2. The molecule has 1 aromatic rings. The van der Waals surface area contributed by atoms with E-state index in [-0.39, 0.29) is 17.5 Å². The molecule has 0 radical (unpaired) electrons. The molecule has 0 bridgehead atoms. The highest BCUT2D eigenvalue weighted by Gasteiger charge is 2.34. The van der Waals surface area contributed by atoms with Crippen LogP contribution in [0.3, 0.4) is 0 Å². The Kier molecular flexibility index (Phi) is 6.09. The Morgan fingerprint density at radius 3 is 2.08 bits per heavy atom. The number of benzene rings is 1. The monoisotopic (exact) mass is 337 g/mol. The van der Waals surface area contributed by atoms with E-state index in [1.165, 1.54) is 12.1 Å².